The molecule has 6 nitrogen and oxygen atoms in total. The van der Waals surface area contributed by atoms with Crippen molar-refractivity contribution in [2.75, 3.05) is 39.8 Å². The van der Waals surface area contributed by atoms with Crippen LogP contribution in [0.5, 0.6) is 0 Å². The number of benzene rings is 1. The molecule has 3 aliphatic heterocycles. The van der Waals surface area contributed by atoms with E-state index in [9.17, 15) is 4.79 Å². The van der Waals surface area contributed by atoms with Crippen molar-refractivity contribution in [1.29, 1.82) is 0 Å². The molecule has 1 fully saturated rings. The molecule has 4 rings (SSSR count). The van der Waals surface area contributed by atoms with Crippen LogP contribution in [0, 0.1) is 12.8 Å². The summed E-state index contributed by atoms with van der Waals surface area (Å²) in [6.07, 6.45) is 4.34. The molecule has 0 saturated carbocycles. The van der Waals surface area contributed by atoms with Gasteiger partial charge in [0.05, 0.1) is 17.6 Å². The first-order chi connectivity index (χ1) is 15.4. The molecule has 3 aliphatic rings. The average molecular weight is 458 g/mol. The molecule has 32 heavy (non-hydrogen) atoms. The van der Waals surface area contributed by atoms with E-state index in [1.807, 2.05) is 11.9 Å². The Morgan fingerprint density at radius 1 is 1.06 bits per heavy atom. The molecule has 1 saturated heterocycles. The maximum Gasteiger partial charge on any atom is 0.225 e. The quantitative estimate of drug-likeness (QED) is 0.618. The molecule has 3 heterocycles. The van der Waals surface area contributed by atoms with E-state index in [0.717, 1.165) is 68.6 Å². The van der Waals surface area contributed by atoms with E-state index in [1.54, 1.807) is 11.8 Å². The highest BCUT2D eigenvalue weighted by atomic mass is 32.2. The van der Waals surface area contributed by atoms with E-state index >= 15 is 0 Å². The third kappa shape index (κ3) is 6.58. The summed E-state index contributed by atoms with van der Waals surface area (Å²) in [6.45, 7) is 13.2. The number of amides is 1. The van der Waals surface area contributed by atoms with Crippen molar-refractivity contribution < 1.29 is 4.79 Å². The zero-order chi connectivity index (χ0) is 23.1. The average Bonchev–Trinajstić information content (AvgIpc) is 3.32. The number of aryl methyl sites for hydroxylation is 1. The lowest BCUT2D eigenvalue weighted by molar-refractivity contribution is -0.137. The molecule has 1 unspecified atom stereocenters. The maximum atomic E-state index is 12.3. The molecule has 0 spiro atoms. The van der Waals surface area contributed by atoms with Gasteiger partial charge in [-0.15, -0.1) is 0 Å². The first-order valence-electron chi connectivity index (χ1n) is 12.0. The van der Waals surface area contributed by atoms with Crippen LogP contribution in [0.25, 0.3) is 0 Å². The van der Waals surface area contributed by atoms with Crippen LogP contribution in [0.15, 0.2) is 34.4 Å². The summed E-state index contributed by atoms with van der Waals surface area (Å²) in [5, 5.41) is 8.56. The van der Waals surface area contributed by atoms with Crippen molar-refractivity contribution in [2.45, 2.75) is 59.4 Å². The number of aliphatic imine (C=N–C) groups is 1. The van der Waals surface area contributed by atoms with Crippen molar-refractivity contribution >= 4 is 27.9 Å². The summed E-state index contributed by atoms with van der Waals surface area (Å²) in [4.78, 5) is 21.3. The number of likely N-dealkylation sites (N-methyl/N-ethyl adjacent to an activating group) is 1. The van der Waals surface area contributed by atoms with Crippen LogP contribution in [0.2, 0.25) is 0 Å². The van der Waals surface area contributed by atoms with Gasteiger partial charge in [0.25, 0.3) is 0 Å². The lowest BCUT2D eigenvalue weighted by Crippen LogP contribution is -2.49. The van der Waals surface area contributed by atoms with Crippen LogP contribution >= 0.6 is 11.8 Å². The maximum absolute atomic E-state index is 12.3. The predicted octanol–water partition coefficient (Wildman–Crippen LogP) is 4.76. The Morgan fingerprint density at radius 3 is 2.25 bits per heavy atom. The summed E-state index contributed by atoms with van der Waals surface area (Å²) in [5.74, 6) is 0.676. The number of carbonyl (C=O) groups excluding carboxylic acids is 1. The summed E-state index contributed by atoms with van der Waals surface area (Å²) in [7, 11) is 2.12. The predicted molar refractivity (Wildman–Crippen MR) is 136 cm³/mol. The number of carbonyl (C=O) groups is 1. The molecule has 0 bridgehead atoms. The van der Waals surface area contributed by atoms with Crippen LogP contribution in [-0.4, -0.2) is 70.7 Å². The number of piperazine rings is 1. The molecular formula is C25H39N5OS. The summed E-state index contributed by atoms with van der Waals surface area (Å²) >= 11 is 1.66. The Morgan fingerprint density at radius 2 is 1.69 bits per heavy atom. The van der Waals surface area contributed by atoms with Crippen LogP contribution in [0.3, 0.4) is 0 Å². The molecule has 0 N–H and O–H groups in total. The Kier molecular flexibility index (Phi) is 9.17. The summed E-state index contributed by atoms with van der Waals surface area (Å²) in [5.41, 5.74) is 2.57. The third-order valence-corrected chi connectivity index (χ3v) is 7.11. The van der Waals surface area contributed by atoms with Crippen LogP contribution in [0.4, 0.5) is 0 Å². The Balaban J connectivity index is 0.000000181. The van der Waals surface area contributed by atoms with Crippen molar-refractivity contribution in [3.05, 3.63) is 35.4 Å². The second-order valence-corrected chi connectivity index (χ2v) is 10.2. The van der Waals surface area contributed by atoms with Crippen LogP contribution in [-0.2, 0) is 4.79 Å². The number of hydrazone groups is 1. The molecule has 1 amide bonds. The number of nitrogens with zero attached hydrogens (tertiary/aromatic N) is 5. The van der Waals surface area contributed by atoms with Gasteiger partial charge in [0.2, 0.25) is 5.91 Å². The standard InChI is InChI=1S/C13H26N2O.C12H13N3S/c1-4-6-12(7-5-2)13(16)15-10-8-14(3)9-11-15;1-8-3-5-10(6-4-8)11-7-15-12(13-11)16-9(2)14-15/h12H,4-11H2,1-3H3;3-6,11H,7H2,1-2H3. The molecule has 1 aromatic rings. The number of amidine groups is 1. The normalized spacial score (nSPS) is 20.6. The minimum absolute atomic E-state index is 0.250. The first kappa shape index (κ1) is 24.8. The lowest BCUT2D eigenvalue weighted by Gasteiger charge is -2.34. The first-order valence-corrected chi connectivity index (χ1v) is 12.8. The van der Waals surface area contributed by atoms with Crippen molar-refractivity contribution in [3.63, 3.8) is 0 Å². The van der Waals surface area contributed by atoms with E-state index in [-0.39, 0.29) is 12.0 Å². The molecular weight excluding hydrogens is 418 g/mol. The van der Waals surface area contributed by atoms with Gasteiger partial charge >= 0.3 is 0 Å². The molecule has 1 atom stereocenters. The molecule has 0 radical (unpaired) electrons. The highest BCUT2D eigenvalue weighted by Crippen LogP contribution is 2.33. The second kappa shape index (κ2) is 11.8. The smallest absolute Gasteiger partial charge is 0.225 e. The van der Waals surface area contributed by atoms with Gasteiger partial charge < -0.3 is 9.80 Å². The minimum atomic E-state index is 0.250. The summed E-state index contributed by atoms with van der Waals surface area (Å²) in [6, 6.07) is 8.85. The number of hydrogen-bond acceptors (Lipinski definition) is 6. The van der Waals surface area contributed by atoms with Crippen molar-refractivity contribution in [1.82, 2.24) is 14.8 Å². The second-order valence-electron chi connectivity index (χ2n) is 9.04. The van der Waals surface area contributed by atoms with E-state index in [2.05, 4.69) is 67.0 Å². The Bertz CT molecular complexity index is 808. The number of hydrogen-bond donors (Lipinski definition) is 0. The van der Waals surface area contributed by atoms with E-state index < -0.39 is 0 Å². The number of rotatable bonds is 6. The third-order valence-electron chi connectivity index (χ3n) is 6.23. The number of fused-ring (bicyclic) bond motifs is 1. The highest BCUT2D eigenvalue weighted by Gasteiger charge is 2.31. The molecule has 0 aliphatic carbocycles. The zero-order valence-electron chi connectivity index (χ0n) is 20.4. The fourth-order valence-corrected chi connectivity index (χ4v) is 5.11. The van der Waals surface area contributed by atoms with E-state index in [0.29, 0.717) is 5.91 Å². The van der Waals surface area contributed by atoms with Gasteiger partial charge in [-0.05, 0) is 51.1 Å². The monoisotopic (exact) mass is 457 g/mol. The van der Waals surface area contributed by atoms with Crippen molar-refractivity contribution in [2.24, 2.45) is 16.0 Å². The van der Waals surface area contributed by atoms with E-state index in [4.69, 9.17) is 4.99 Å². The van der Waals surface area contributed by atoms with Crippen LogP contribution < -0.4 is 0 Å². The fraction of sp³-hybridized carbons (Fsp3) is 0.640. The molecule has 7 heteroatoms. The summed E-state index contributed by atoms with van der Waals surface area (Å²) < 4.78 is 0. The Hall–Kier alpha value is -1.86. The van der Waals surface area contributed by atoms with Gasteiger partial charge in [0, 0.05) is 32.1 Å². The van der Waals surface area contributed by atoms with Gasteiger partial charge in [0.1, 0.15) is 0 Å². The minimum Gasteiger partial charge on any atom is -0.340 e. The molecule has 0 aromatic heterocycles. The fourth-order valence-electron chi connectivity index (χ4n) is 4.31. The van der Waals surface area contributed by atoms with Gasteiger partial charge in [0.15, 0.2) is 5.17 Å². The molecule has 1 aromatic carbocycles. The lowest BCUT2D eigenvalue weighted by atomic mass is 9.96. The topological polar surface area (TPSA) is 51.5 Å². The largest absolute Gasteiger partial charge is 0.340 e. The van der Waals surface area contributed by atoms with Gasteiger partial charge in [-0.2, -0.15) is 5.10 Å². The zero-order valence-corrected chi connectivity index (χ0v) is 21.2. The molecule has 176 valence electrons. The van der Waals surface area contributed by atoms with Gasteiger partial charge in [-0.25, -0.2) is 5.01 Å². The van der Waals surface area contributed by atoms with Gasteiger partial charge in [-0.3, -0.25) is 9.79 Å². The highest BCUT2D eigenvalue weighted by molar-refractivity contribution is 8.26. The number of thioether (sulfide) groups is 1. The SMILES string of the molecule is CC1=NN2CC(c3ccc(C)cc3)N=C2S1.CCCC(CCC)C(=O)N1CCN(C)CC1. The van der Waals surface area contributed by atoms with Crippen LogP contribution in [0.1, 0.15) is 63.6 Å². The van der Waals surface area contributed by atoms with Crippen molar-refractivity contribution in [3.8, 4) is 0 Å². The Labute approximate surface area is 198 Å². The van der Waals surface area contributed by atoms with E-state index in [1.165, 1.54) is 11.1 Å². The van der Waals surface area contributed by atoms with Gasteiger partial charge in [-0.1, -0.05) is 56.5 Å².